The van der Waals surface area contributed by atoms with Gasteiger partial charge in [-0.15, -0.1) is 0 Å². The molecule has 0 saturated carbocycles. The molecule has 2 rings (SSSR count). The van der Waals surface area contributed by atoms with Gasteiger partial charge in [0.15, 0.2) is 0 Å². The molecule has 1 nitrogen and oxygen atoms in total. The standard InChI is InChI=1S/C19H24BrN/c1-12(2)14-8-9-17(18(11-14)13(3)4)19(21)15-6-5-7-16(20)10-15/h5-13,19H,21H2,1-4H3. The predicted octanol–water partition coefficient (Wildman–Crippen LogP) is 5.74. The second kappa shape index (κ2) is 6.76. The van der Waals surface area contributed by atoms with Gasteiger partial charge in [0, 0.05) is 4.47 Å². The molecule has 0 heterocycles. The van der Waals surface area contributed by atoms with Gasteiger partial charge < -0.3 is 5.73 Å². The van der Waals surface area contributed by atoms with E-state index in [1.807, 2.05) is 12.1 Å². The summed E-state index contributed by atoms with van der Waals surface area (Å²) < 4.78 is 1.07. The summed E-state index contributed by atoms with van der Waals surface area (Å²) in [6, 6.07) is 14.9. The highest BCUT2D eigenvalue weighted by Gasteiger charge is 2.16. The van der Waals surface area contributed by atoms with E-state index in [1.54, 1.807) is 0 Å². The Hall–Kier alpha value is -1.12. The van der Waals surface area contributed by atoms with Crippen molar-refractivity contribution in [3.63, 3.8) is 0 Å². The Bertz CT molecular complexity index is 617. The molecule has 1 unspecified atom stereocenters. The summed E-state index contributed by atoms with van der Waals surface area (Å²) in [4.78, 5) is 0. The Morgan fingerprint density at radius 1 is 0.810 bits per heavy atom. The summed E-state index contributed by atoms with van der Waals surface area (Å²) in [5, 5.41) is 0. The lowest BCUT2D eigenvalue weighted by atomic mass is 9.87. The summed E-state index contributed by atoms with van der Waals surface area (Å²) in [7, 11) is 0. The second-order valence-corrected chi connectivity index (χ2v) is 7.15. The largest absolute Gasteiger partial charge is 0.320 e. The topological polar surface area (TPSA) is 26.0 Å². The van der Waals surface area contributed by atoms with Crippen molar-refractivity contribution in [3.05, 3.63) is 69.2 Å². The molecular formula is C19H24BrN. The van der Waals surface area contributed by atoms with E-state index < -0.39 is 0 Å². The third-order valence-electron chi connectivity index (χ3n) is 3.94. The lowest BCUT2D eigenvalue weighted by Crippen LogP contribution is -2.15. The van der Waals surface area contributed by atoms with Crippen LogP contribution in [0.15, 0.2) is 46.9 Å². The van der Waals surface area contributed by atoms with Crippen LogP contribution in [0.1, 0.15) is 67.8 Å². The van der Waals surface area contributed by atoms with Crippen molar-refractivity contribution in [2.45, 2.75) is 45.6 Å². The number of halogens is 1. The van der Waals surface area contributed by atoms with Crippen LogP contribution in [-0.2, 0) is 0 Å². The second-order valence-electron chi connectivity index (χ2n) is 6.23. The molecule has 0 bridgehead atoms. The minimum Gasteiger partial charge on any atom is -0.320 e. The first-order chi connectivity index (χ1) is 9.90. The molecule has 1 atom stereocenters. The molecule has 2 aromatic rings. The molecule has 0 aliphatic rings. The number of rotatable bonds is 4. The van der Waals surface area contributed by atoms with Crippen molar-refractivity contribution in [1.29, 1.82) is 0 Å². The number of hydrogen-bond donors (Lipinski definition) is 1. The number of nitrogens with two attached hydrogens (primary N) is 1. The molecule has 0 aromatic heterocycles. The molecule has 0 spiro atoms. The zero-order valence-corrected chi connectivity index (χ0v) is 14.8. The van der Waals surface area contributed by atoms with E-state index in [2.05, 4.69) is 74.0 Å². The highest BCUT2D eigenvalue weighted by atomic mass is 79.9. The van der Waals surface area contributed by atoms with Crippen molar-refractivity contribution in [1.82, 2.24) is 0 Å². The molecule has 21 heavy (non-hydrogen) atoms. The Labute approximate surface area is 136 Å². The van der Waals surface area contributed by atoms with Crippen molar-refractivity contribution >= 4 is 15.9 Å². The van der Waals surface area contributed by atoms with Crippen molar-refractivity contribution in [3.8, 4) is 0 Å². The zero-order valence-electron chi connectivity index (χ0n) is 13.2. The fourth-order valence-corrected chi connectivity index (χ4v) is 3.03. The maximum atomic E-state index is 6.53. The molecule has 0 saturated heterocycles. The lowest BCUT2D eigenvalue weighted by Gasteiger charge is -2.21. The average Bonchev–Trinajstić information content (AvgIpc) is 2.45. The molecule has 0 fully saturated rings. The Kier molecular flexibility index (Phi) is 5.23. The fourth-order valence-electron chi connectivity index (χ4n) is 2.62. The van der Waals surface area contributed by atoms with Crippen LogP contribution in [0.25, 0.3) is 0 Å². The average molecular weight is 346 g/mol. The van der Waals surface area contributed by atoms with Gasteiger partial charge >= 0.3 is 0 Å². The van der Waals surface area contributed by atoms with Gasteiger partial charge in [-0.1, -0.05) is 74.0 Å². The van der Waals surface area contributed by atoms with Crippen LogP contribution < -0.4 is 5.73 Å². The van der Waals surface area contributed by atoms with Gasteiger partial charge in [-0.25, -0.2) is 0 Å². The minimum absolute atomic E-state index is 0.0823. The van der Waals surface area contributed by atoms with E-state index >= 15 is 0 Å². The number of benzene rings is 2. The van der Waals surface area contributed by atoms with Crippen LogP contribution >= 0.6 is 15.9 Å². The van der Waals surface area contributed by atoms with Crippen LogP contribution in [-0.4, -0.2) is 0 Å². The summed E-state index contributed by atoms with van der Waals surface area (Å²) >= 11 is 3.53. The van der Waals surface area contributed by atoms with Crippen LogP contribution in [0, 0.1) is 0 Å². The van der Waals surface area contributed by atoms with E-state index in [9.17, 15) is 0 Å². The van der Waals surface area contributed by atoms with Crippen molar-refractivity contribution in [2.75, 3.05) is 0 Å². The molecule has 0 aliphatic heterocycles. The van der Waals surface area contributed by atoms with Gasteiger partial charge in [-0.2, -0.15) is 0 Å². The Morgan fingerprint density at radius 3 is 2.10 bits per heavy atom. The minimum atomic E-state index is -0.0823. The van der Waals surface area contributed by atoms with Gasteiger partial charge in [0.1, 0.15) is 0 Å². The highest BCUT2D eigenvalue weighted by molar-refractivity contribution is 9.10. The SMILES string of the molecule is CC(C)c1ccc(C(N)c2cccc(Br)c2)c(C(C)C)c1. The van der Waals surface area contributed by atoms with Crippen molar-refractivity contribution < 1.29 is 0 Å². The summed E-state index contributed by atoms with van der Waals surface area (Å²) in [6.45, 7) is 8.92. The maximum absolute atomic E-state index is 6.53. The lowest BCUT2D eigenvalue weighted by molar-refractivity contribution is 0.781. The molecule has 0 aliphatic carbocycles. The summed E-state index contributed by atoms with van der Waals surface area (Å²) in [5.74, 6) is 1.01. The van der Waals surface area contributed by atoms with E-state index in [0.717, 1.165) is 10.0 Å². The van der Waals surface area contributed by atoms with Crippen LogP contribution in [0.5, 0.6) is 0 Å². The molecular weight excluding hydrogens is 322 g/mol. The molecule has 0 radical (unpaired) electrons. The smallest absolute Gasteiger partial charge is 0.0554 e. The fraction of sp³-hybridized carbons (Fsp3) is 0.368. The van der Waals surface area contributed by atoms with Gasteiger partial charge in [0.2, 0.25) is 0 Å². The van der Waals surface area contributed by atoms with E-state index in [1.165, 1.54) is 16.7 Å². The van der Waals surface area contributed by atoms with Crippen LogP contribution in [0.4, 0.5) is 0 Å². The van der Waals surface area contributed by atoms with Crippen molar-refractivity contribution in [2.24, 2.45) is 5.73 Å². The number of hydrogen-bond acceptors (Lipinski definition) is 1. The molecule has 0 amide bonds. The van der Waals surface area contributed by atoms with Gasteiger partial charge in [0.25, 0.3) is 0 Å². The van der Waals surface area contributed by atoms with Gasteiger partial charge in [0.05, 0.1) is 6.04 Å². The Balaban J connectivity index is 2.47. The maximum Gasteiger partial charge on any atom is 0.0554 e. The predicted molar refractivity (Wildman–Crippen MR) is 94.8 cm³/mol. The molecule has 2 heteroatoms. The molecule has 2 aromatic carbocycles. The van der Waals surface area contributed by atoms with Gasteiger partial charge in [-0.3, -0.25) is 0 Å². The van der Waals surface area contributed by atoms with E-state index in [0.29, 0.717) is 11.8 Å². The molecule has 112 valence electrons. The Morgan fingerprint density at radius 2 is 1.52 bits per heavy atom. The third kappa shape index (κ3) is 3.75. The van der Waals surface area contributed by atoms with Gasteiger partial charge in [-0.05, 0) is 46.2 Å². The van der Waals surface area contributed by atoms with Crippen LogP contribution in [0.3, 0.4) is 0 Å². The first-order valence-corrected chi connectivity index (χ1v) is 8.34. The summed E-state index contributed by atoms with van der Waals surface area (Å²) in [6.07, 6.45) is 0. The first-order valence-electron chi connectivity index (χ1n) is 7.55. The quantitative estimate of drug-likeness (QED) is 0.750. The normalized spacial score (nSPS) is 13.0. The molecule has 2 N–H and O–H groups in total. The third-order valence-corrected chi connectivity index (χ3v) is 4.44. The monoisotopic (exact) mass is 345 g/mol. The van der Waals surface area contributed by atoms with E-state index in [4.69, 9.17) is 5.73 Å². The van der Waals surface area contributed by atoms with Crippen LogP contribution in [0.2, 0.25) is 0 Å². The summed E-state index contributed by atoms with van der Waals surface area (Å²) in [5.41, 5.74) is 11.6. The first kappa shape index (κ1) is 16.3. The van der Waals surface area contributed by atoms with E-state index in [-0.39, 0.29) is 6.04 Å². The highest BCUT2D eigenvalue weighted by Crippen LogP contribution is 2.31. The zero-order chi connectivity index (χ0) is 15.6.